The van der Waals surface area contributed by atoms with Crippen molar-refractivity contribution in [3.63, 3.8) is 0 Å². The number of nitrogens with zero attached hydrogens (tertiary/aromatic N) is 2. The van der Waals surface area contributed by atoms with Crippen LogP contribution in [0.25, 0.3) is 6.08 Å². The number of piperidine rings is 1. The number of anilines is 1. The van der Waals surface area contributed by atoms with Crippen LogP contribution in [-0.4, -0.2) is 57.3 Å². The summed E-state index contributed by atoms with van der Waals surface area (Å²) in [6.45, 7) is 21.7. The third-order valence-corrected chi connectivity index (χ3v) is 9.15. The van der Waals surface area contributed by atoms with Gasteiger partial charge in [0.25, 0.3) is 5.91 Å². The van der Waals surface area contributed by atoms with E-state index in [2.05, 4.69) is 38.3 Å². The third kappa shape index (κ3) is 9.54. The lowest BCUT2D eigenvalue weighted by Crippen LogP contribution is -2.45. The zero-order valence-corrected chi connectivity index (χ0v) is 30.0. The fourth-order valence-corrected chi connectivity index (χ4v) is 6.10. The normalized spacial score (nSPS) is 18.1. The number of carbonyl (C=O) groups excluding carboxylic acids is 1. The number of rotatable bonds is 9. The monoisotopic (exact) mass is 633 g/mol. The van der Waals surface area contributed by atoms with Crippen molar-refractivity contribution in [3.05, 3.63) is 64.4 Å². The molecule has 7 nitrogen and oxygen atoms in total. The van der Waals surface area contributed by atoms with Crippen molar-refractivity contribution in [1.82, 2.24) is 4.90 Å². The van der Waals surface area contributed by atoms with E-state index in [1.165, 1.54) is 25.7 Å². The highest BCUT2D eigenvalue weighted by Crippen LogP contribution is 2.40. The van der Waals surface area contributed by atoms with Crippen molar-refractivity contribution in [1.29, 1.82) is 0 Å². The molecule has 7 heteroatoms. The second-order valence-corrected chi connectivity index (χ2v) is 12.8. The number of amides is 1. The van der Waals surface area contributed by atoms with Gasteiger partial charge in [0.05, 0.1) is 26.5 Å². The van der Waals surface area contributed by atoms with Gasteiger partial charge in [-0.3, -0.25) is 4.79 Å². The highest BCUT2D eigenvalue weighted by atomic mass is 16.5. The Labute approximate surface area is 278 Å². The molecule has 0 aromatic heterocycles. The minimum atomic E-state index is 0.00982. The molecule has 2 aromatic rings. The van der Waals surface area contributed by atoms with Gasteiger partial charge >= 0.3 is 0 Å². The summed E-state index contributed by atoms with van der Waals surface area (Å²) in [6, 6.07) is 7.81. The first-order chi connectivity index (χ1) is 22.1. The van der Waals surface area contributed by atoms with Gasteiger partial charge in [0, 0.05) is 30.4 Å². The summed E-state index contributed by atoms with van der Waals surface area (Å²) >= 11 is 0. The average Bonchev–Trinajstić information content (AvgIpc) is 3.89. The summed E-state index contributed by atoms with van der Waals surface area (Å²) in [7, 11) is 3.27. The van der Waals surface area contributed by atoms with Crippen LogP contribution >= 0.6 is 0 Å². The lowest BCUT2D eigenvalue weighted by Gasteiger charge is -2.35. The van der Waals surface area contributed by atoms with Crippen LogP contribution in [0.2, 0.25) is 0 Å². The Balaban J connectivity index is 0.000000496. The Morgan fingerprint density at radius 1 is 1.07 bits per heavy atom. The quantitative estimate of drug-likeness (QED) is 0.279. The summed E-state index contributed by atoms with van der Waals surface area (Å²) in [5.74, 6) is 4.23. The lowest BCUT2D eigenvalue weighted by atomic mass is 10.0. The van der Waals surface area contributed by atoms with Crippen molar-refractivity contribution in [3.8, 4) is 17.2 Å². The SMILES string of the molecule is C=C(/C(C)=C/c1cc(OC)c(OC)cc1C)N1CCOc2cc(C(=O)N3CCCC(N)C3)cc(C)c21.CC.CCC(C)CC1CC1. The van der Waals surface area contributed by atoms with Gasteiger partial charge in [-0.05, 0) is 104 Å². The van der Waals surface area contributed by atoms with E-state index in [1.807, 2.05) is 56.9 Å². The maximum Gasteiger partial charge on any atom is 0.254 e. The Morgan fingerprint density at radius 3 is 2.35 bits per heavy atom. The van der Waals surface area contributed by atoms with Gasteiger partial charge in [0.1, 0.15) is 12.4 Å². The molecule has 2 heterocycles. The summed E-state index contributed by atoms with van der Waals surface area (Å²) in [6.07, 6.45) is 9.91. The Kier molecular flexibility index (Phi) is 14.1. The molecule has 2 fully saturated rings. The number of fused-ring (bicyclic) bond motifs is 1. The van der Waals surface area contributed by atoms with Gasteiger partial charge in [0.2, 0.25) is 0 Å². The zero-order valence-electron chi connectivity index (χ0n) is 30.0. The topological polar surface area (TPSA) is 77.3 Å². The van der Waals surface area contributed by atoms with Crippen LogP contribution in [0.4, 0.5) is 5.69 Å². The first-order valence-electron chi connectivity index (χ1n) is 17.3. The van der Waals surface area contributed by atoms with Gasteiger partial charge < -0.3 is 29.7 Å². The van der Waals surface area contributed by atoms with Crippen LogP contribution in [-0.2, 0) is 0 Å². The minimum absolute atomic E-state index is 0.00982. The number of likely N-dealkylation sites (tertiary alicyclic amines) is 1. The molecule has 46 heavy (non-hydrogen) atoms. The molecule has 254 valence electrons. The summed E-state index contributed by atoms with van der Waals surface area (Å²) in [4.78, 5) is 17.2. The Bertz CT molecular complexity index is 1360. The molecule has 2 unspecified atom stereocenters. The van der Waals surface area contributed by atoms with Crippen molar-refractivity contribution in [2.45, 2.75) is 93.0 Å². The van der Waals surface area contributed by atoms with Gasteiger partial charge in [-0.2, -0.15) is 0 Å². The van der Waals surface area contributed by atoms with E-state index in [0.29, 0.717) is 42.5 Å². The van der Waals surface area contributed by atoms with Crippen molar-refractivity contribution in [2.24, 2.45) is 17.6 Å². The molecule has 1 amide bonds. The first-order valence-corrected chi connectivity index (χ1v) is 17.3. The highest BCUT2D eigenvalue weighted by molar-refractivity contribution is 5.96. The Morgan fingerprint density at radius 2 is 1.74 bits per heavy atom. The molecule has 3 aliphatic rings. The van der Waals surface area contributed by atoms with Crippen LogP contribution in [0.15, 0.2) is 42.1 Å². The van der Waals surface area contributed by atoms with Crippen molar-refractivity contribution >= 4 is 17.7 Å². The predicted octanol–water partition coefficient (Wildman–Crippen LogP) is 8.56. The molecule has 1 saturated carbocycles. The number of allylic oxidation sites excluding steroid dienone is 1. The highest BCUT2D eigenvalue weighted by Gasteiger charge is 2.28. The fourth-order valence-electron chi connectivity index (χ4n) is 6.10. The Hall–Kier alpha value is -3.45. The van der Waals surface area contributed by atoms with Crippen LogP contribution in [0.1, 0.15) is 100 Å². The molecule has 2 aliphatic heterocycles. The molecule has 2 N–H and O–H groups in total. The number of benzene rings is 2. The maximum absolute atomic E-state index is 13.2. The van der Waals surface area contributed by atoms with E-state index < -0.39 is 0 Å². The van der Waals surface area contributed by atoms with E-state index in [-0.39, 0.29) is 11.9 Å². The number of nitrogens with two attached hydrogens (primary N) is 1. The number of hydrogen-bond donors (Lipinski definition) is 1. The predicted molar refractivity (Wildman–Crippen MR) is 192 cm³/mol. The largest absolute Gasteiger partial charge is 0.493 e. The average molecular weight is 634 g/mol. The van der Waals surface area contributed by atoms with Crippen LogP contribution in [0, 0.1) is 25.7 Å². The summed E-state index contributed by atoms with van der Waals surface area (Å²) in [5.41, 5.74) is 12.7. The second kappa shape index (κ2) is 17.5. The molecule has 0 spiro atoms. The molecule has 1 aliphatic carbocycles. The van der Waals surface area contributed by atoms with E-state index in [0.717, 1.165) is 64.9 Å². The van der Waals surface area contributed by atoms with Crippen LogP contribution in [0.3, 0.4) is 0 Å². The van der Waals surface area contributed by atoms with E-state index in [1.54, 1.807) is 14.2 Å². The van der Waals surface area contributed by atoms with Gasteiger partial charge in [-0.25, -0.2) is 0 Å². The molecule has 0 radical (unpaired) electrons. The molecular weight excluding hydrogens is 574 g/mol. The molecule has 0 bridgehead atoms. The van der Waals surface area contributed by atoms with Crippen LogP contribution < -0.4 is 24.8 Å². The zero-order chi connectivity index (χ0) is 34.0. The first kappa shape index (κ1) is 37.0. The van der Waals surface area contributed by atoms with E-state index >= 15 is 0 Å². The second-order valence-electron chi connectivity index (χ2n) is 12.8. The van der Waals surface area contributed by atoms with Gasteiger partial charge in [0.15, 0.2) is 11.5 Å². The van der Waals surface area contributed by atoms with E-state index in [9.17, 15) is 4.79 Å². The molecule has 5 rings (SSSR count). The number of hydrogen-bond acceptors (Lipinski definition) is 6. The summed E-state index contributed by atoms with van der Waals surface area (Å²) < 4.78 is 16.9. The van der Waals surface area contributed by atoms with Gasteiger partial charge in [-0.15, -0.1) is 0 Å². The number of carbonyl (C=O) groups is 1. The maximum atomic E-state index is 13.2. The van der Waals surface area contributed by atoms with Crippen LogP contribution in [0.5, 0.6) is 17.2 Å². The van der Waals surface area contributed by atoms with Crippen molar-refractivity contribution < 1.29 is 19.0 Å². The fraction of sp³-hybridized carbons (Fsp3) is 0.564. The number of ether oxygens (including phenoxy) is 3. The number of methoxy groups -OCH3 is 2. The molecule has 2 aromatic carbocycles. The molecule has 2 atom stereocenters. The third-order valence-electron chi connectivity index (χ3n) is 9.15. The number of aryl methyl sites for hydroxylation is 2. The van der Waals surface area contributed by atoms with Crippen molar-refractivity contribution in [2.75, 3.05) is 45.4 Å². The van der Waals surface area contributed by atoms with Gasteiger partial charge in [-0.1, -0.05) is 53.5 Å². The molecule has 1 saturated heterocycles. The van der Waals surface area contributed by atoms with E-state index in [4.69, 9.17) is 19.9 Å². The molecular formula is C39H59N3O4. The summed E-state index contributed by atoms with van der Waals surface area (Å²) in [5, 5.41) is 0. The minimum Gasteiger partial charge on any atom is -0.493 e. The standard InChI is InChI=1S/C29H37N3O4.C8H16.C2H6/c1-18(12-22-15-26(35-6)25(34-5)14-19(22)2)21(4)32-10-11-36-27-16-23(13-20(3)28(27)32)29(33)31-9-7-8-24(30)17-31;1-3-7(2)6-8-4-5-8;1-2/h12-16,24H,4,7-11,17,30H2,1-3,5-6H3;7-8H,3-6H2,1-2H3;1-2H3/b18-12+;;. The smallest absolute Gasteiger partial charge is 0.254 e. The lowest BCUT2D eigenvalue weighted by molar-refractivity contribution is 0.0708.